The Morgan fingerprint density at radius 3 is 2.47 bits per heavy atom. The molecule has 3 atom stereocenters. The molecule has 0 radical (unpaired) electrons. The van der Waals surface area contributed by atoms with Crippen LogP contribution >= 0.6 is 0 Å². The summed E-state index contributed by atoms with van der Waals surface area (Å²) >= 11 is 0. The SMILES string of the molecule is CC(=O)Oc1cccc(C23CCN(C)CC2(OC(C)=O)CCC(NC(=O)c2ccccc2)C3)c1. The fourth-order valence-corrected chi connectivity index (χ4v) is 5.80. The number of nitrogens with one attached hydrogen (secondary N) is 1. The van der Waals surface area contributed by atoms with Gasteiger partial charge in [0.1, 0.15) is 11.4 Å². The highest BCUT2D eigenvalue weighted by Gasteiger charge is 2.60. The Morgan fingerprint density at radius 1 is 1.00 bits per heavy atom. The standard InChI is InChI=1S/C27H32N2O5/c1-19(30)33-24-11-7-10-22(16-24)26-14-15-29(3)18-27(26,34-20(2)31)13-12-23(17-26)28-25(32)21-8-5-4-6-9-21/h4-11,16,23H,12-15,17-18H2,1-3H3,(H,28,32). The number of carbonyl (C=O) groups is 3. The summed E-state index contributed by atoms with van der Waals surface area (Å²) in [5.74, 6) is -0.351. The van der Waals surface area contributed by atoms with Gasteiger partial charge in [-0.1, -0.05) is 30.3 Å². The number of benzene rings is 2. The first-order valence-electron chi connectivity index (χ1n) is 11.8. The average Bonchev–Trinajstić information content (AvgIpc) is 2.79. The summed E-state index contributed by atoms with van der Waals surface area (Å²) in [4.78, 5) is 39.0. The van der Waals surface area contributed by atoms with Gasteiger partial charge in [-0.05, 0) is 69.1 Å². The number of carbonyl (C=O) groups excluding carboxylic acids is 3. The van der Waals surface area contributed by atoms with Crippen LogP contribution in [0.2, 0.25) is 0 Å². The number of nitrogens with zero attached hydrogens (tertiary/aromatic N) is 1. The summed E-state index contributed by atoms with van der Waals surface area (Å²) in [7, 11) is 2.04. The van der Waals surface area contributed by atoms with Gasteiger partial charge in [-0.15, -0.1) is 0 Å². The molecule has 1 aliphatic carbocycles. The van der Waals surface area contributed by atoms with Crippen LogP contribution in [-0.2, 0) is 19.7 Å². The molecular formula is C27H32N2O5. The van der Waals surface area contributed by atoms with E-state index in [2.05, 4.69) is 10.2 Å². The predicted molar refractivity (Wildman–Crippen MR) is 128 cm³/mol. The third kappa shape index (κ3) is 4.71. The van der Waals surface area contributed by atoms with E-state index in [0.717, 1.165) is 18.5 Å². The molecule has 1 N–H and O–H groups in total. The lowest BCUT2D eigenvalue weighted by molar-refractivity contribution is -0.185. The van der Waals surface area contributed by atoms with Gasteiger partial charge in [0.25, 0.3) is 5.91 Å². The zero-order chi connectivity index (χ0) is 24.3. The highest BCUT2D eigenvalue weighted by atomic mass is 16.6. The molecule has 180 valence electrons. The number of hydrogen-bond donors (Lipinski definition) is 1. The number of rotatable bonds is 5. The molecule has 1 aliphatic heterocycles. The molecule has 3 unspecified atom stereocenters. The van der Waals surface area contributed by atoms with Gasteiger partial charge in [0.15, 0.2) is 0 Å². The summed E-state index contributed by atoms with van der Waals surface area (Å²) in [6.07, 6.45) is 2.69. The maximum Gasteiger partial charge on any atom is 0.308 e. The minimum Gasteiger partial charge on any atom is -0.457 e. The Bertz CT molecular complexity index is 1070. The molecule has 0 bridgehead atoms. The number of likely N-dealkylation sites (N-methyl/N-ethyl adjacent to an activating group) is 1. The lowest BCUT2D eigenvalue weighted by Crippen LogP contribution is -2.68. The Hall–Kier alpha value is -3.19. The first kappa shape index (κ1) is 24.0. The second kappa shape index (κ2) is 9.58. The van der Waals surface area contributed by atoms with Crippen LogP contribution in [-0.4, -0.2) is 54.5 Å². The van der Waals surface area contributed by atoms with Crippen molar-refractivity contribution in [2.75, 3.05) is 20.1 Å². The van der Waals surface area contributed by atoms with Gasteiger partial charge in [-0.25, -0.2) is 0 Å². The van der Waals surface area contributed by atoms with Crippen molar-refractivity contribution in [1.82, 2.24) is 10.2 Å². The molecule has 0 spiro atoms. The van der Waals surface area contributed by atoms with Crippen LogP contribution < -0.4 is 10.1 Å². The predicted octanol–water partition coefficient (Wildman–Crippen LogP) is 3.47. The third-order valence-corrected chi connectivity index (χ3v) is 7.17. The lowest BCUT2D eigenvalue weighted by atomic mass is 9.55. The highest BCUT2D eigenvalue weighted by Crippen LogP contribution is 2.54. The Balaban J connectivity index is 1.73. The van der Waals surface area contributed by atoms with Crippen LogP contribution in [0, 0.1) is 0 Å². The van der Waals surface area contributed by atoms with Crippen LogP contribution in [0.1, 0.15) is 55.5 Å². The molecule has 1 amide bonds. The zero-order valence-corrected chi connectivity index (χ0v) is 20.0. The molecule has 2 aliphatic rings. The fraction of sp³-hybridized carbons (Fsp3) is 0.444. The first-order chi connectivity index (χ1) is 16.2. The molecule has 2 aromatic rings. The van der Waals surface area contributed by atoms with Crippen molar-refractivity contribution in [1.29, 1.82) is 0 Å². The summed E-state index contributed by atoms with van der Waals surface area (Å²) in [5, 5.41) is 3.21. The van der Waals surface area contributed by atoms with Crippen molar-refractivity contribution < 1.29 is 23.9 Å². The van der Waals surface area contributed by atoms with E-state index >= 15 is 0 Å². The molecule has 1 saturated carbocycles. The van der Waals surface area contributed by atoms with Crippen molar-refractivity contribution in [3.8, 4) is 5.75 Å². The molecule has 7 heteroatoms. The average molecular weight is 465 g/mol. The van der Waals surface area contributed by atoms with E-state index in [1.807, 2.05) is 43.4 Å². The van der Waals surface area contributed by atoms with E-state index in [1.54, 1.807) is 18.2 Å². The van der Waals surface area contributed by atoms with Crippen molar-refractivity contribution >= 4 is 17.8 Å². The highest BCUT2D eigenvalue weighted by molar-refractivity contribution is 5.94. The van der Waals surface area contributed by atoms with Crippen molar-refractivity contribution in [2.24, 2.45) is 0 Å². The number of ether oxygens (including phenoxy) is 2. The summed E-state index contributed by atoms with van der Waals surface area (Å²) < 4.78 is 11.5. The Morgan fingerprint density at radius 2 is 1.76 bits per heavy atom. The smallest absolute Gasteiger partial charge is 0.308 e. The maximum absolute atomic E-state index is 12.9. The zero-order valence-electron chi connectivity index (χ0n) is 20.0. The largest absolute Gasteiger partial charge is 0.457 e. The van der Waals surface area contributed by atoms with E-state index in [0.29, 0.717) is 37.1 Å². The topological polar surface area (TPSA) is 84.9 Å². The van der Waals surface area contributed by atoms with Gasteiger partial charge in [-0.3, -0.25) is 14.4 Å². The molecule has 2 fully saturated rings. The molecule has 1 heterocycles. The summed E-state index contributed by atoms with van der Waals surface area (Å²) in [6, 6.07) is 16.6. The number of hydrogen-bond acceptors (Lipinski definition) is 6. The van der Waals surface area contributed by atoms with Crippen molar-refractivity contribution in [2.45, 2.75) is 56.6 Å². The van der Waals surface area contributed by atoms with Crippen LogP contribution in [0.5, 0.6) is 5.75 Å². The van der Waals surface area contributed by atoms with Gasteiger partial charge in [0.05, 0.1) is 0 Å². The van der Waals surface area contributed by atoms with Crippen molar-refractivity contribution in [3.05, 3.63) is 65.7 Å². The number of amides is 1. The molecule has 1 saturated heterocycles. The lowest BCUT2D eigenvalue weighted by Gasteiger charge is -2.59. The Labute approximate surface area is 200 Å². The normalized spacial score (nSPS) is 26.7. The van der Waals surface area contributed by atoms with E-state index in [4.69, 9.17) is 9.47 Å². The third-order valence-electron chi connectivity index (χ3n) is 7.17. The van der Waals surface area contributed by atoms with Gasteiger partial charge >= 0.3 is 11.9 Å². The molecule has 4 rings (SSSR count). The minimum absolute atomic E-state index is 0.0859. The molecule has 2 aromatic carbocycles. The van der Waals surface area contributed by atoms with Crippen molar-refractivity contribution in [3.63, 3.8) is 0 Å². The molecule has 7 nitrogen and oxygen atoms in total. The monoisotopic (exact) mass is 464 g/mol. The minimum atomic E-state index is -0.741. The number of piperidine rings is 1. The van der Waals surface area contributed by atoms with Gasteiger partial charge in [0.2, 0.25) is 0 Å². The van der Waals surface area contributed by atoms with Gasteiger partial charge < -0.3 is 19.7 Å². The number of fused-ring (bicyclic) bond motifs is 1. The first-order valence-corrected chi connectivity index (χ1v) is 11.8. The maximum atomic E-state index is 12.9. The summed E-state index contributed by atoms with van der Waals surface area (Å²) in [6.45, 7) is 4.25. The van der Waals surface area contributed by atoms with Crippen LogP contribution in [0.25, 0.3) is 0 Å². The second-order valence-electron chi connectivity index (χ2n) is 9.56. The summed E-state index contributed by atoms with van der Waals surface area (Å²) in [5.41, 5.74) is 0.302. The van der Waals surface area contributed by atoms with Gasteiger partial charge in [-0.2, -0.15) is 0 Å². The van der Waals surface area contributed by atoms with Crippen LogP contribution in [0.3, 0.4) is 0 Å². The Kier molecular flexibility index (Phi) is 6.75. The number of esters is 2. The van der Waals surface area contributed by atoms with E-state index in [9.17, 15) is 14.4 Å². The van der Waals surface area contributed by atoms with Crippen LogP contribution in [0.15, 0.2) is 54.6 Å². The number of likely N-dealkylation sites (tertiary alicyclic amines) is 1. The second-order valence-corrected chi connectivity index (χ2v) is 9.56. The quantitative estimate of drug-likeness (QED) is 0.539. The van der Waals surface area contributed by atoms with E-state index in [-0.39, 0.29) is 23.9 Å². The van der Waals surface area contributed by atoms with Crippen LogP contribution in [0.4, 0.5) is 0 Å². The molecule has 0 aromatic heterocycles. The molecular weight excluding hydrogens is 432 g/mol. The molecule has 34 heavy (non-hydrogen) atoms. The van der Waals surface area contributed by atoms with Gasteiger partial charge in [0, 0.05) is 37.4 Å². The van der Waals surface area contributed by atoms with E-state index < -0.39 is 11.0 Å². The fourth-order valence-electron chi connectivity index (χ4n) is 5.80. The van der Waals surface area contributed by atoms with E-state index in [1.165, 1.54) is 13.8 Å².